The van der Waals surface area contributed by atoms with Crippen LogP contribution in [-0.4, -0.2) is 18.4 Å². The third kappa shape index (κ3) is 3.66. The van der Waals surface area contributed by atoms with Crippen LogP contribution in [0, 0.1) is 0 Å². The van der Waals surface area contributed by atoms with Crippen LogP contribution in [0.4, 0.5) is 0 Å². The van der Waals surface area contributed by atoms with Crippen LogP contribution >= 0.6 is 0 Å². The Hall–Kier alpha value is -1.35. The fourth-order valence-corrected chi connectivity index (χ4v) is 1.43. The molecule has 1 atom stereocenters. The zero-order chi connectivity index (χ0) is 12.0. The fourth-order valence-electron chi connectivity index (χ4n) is 1.43. The Morgan fingerprint density at radius 2 is 2.19 bits per heavy atom. The Balaban J connectivity index is 2.71. The highest BCUT2D eigenvalue weighted by atomic mass is 16.5. The Kier molecular flexibility index (Phi) is 4.99. The molecule has 0 radical (unpaired) electrons. The second kappa shape index (κ2) is 6.28. The highest BCUT2D eigenvalue weighted by Crippen LogP contribution is 2.15. The van der Waals surface area contributed by atoms with Gasteiger partial charge in [-0.15, -0.1) is 0 Å². The predicted octanol–water partition coefficient (Wildman–Crippen LogP) is 2.40. The monoisotopic (exact) mass is 221 g/mol. The normalized spacial score (nSPS) is 12.2. The van der Waals surface area contributed by atoms with Gasteiger partial charge in [-0.3, -0.25) is 4.79 Å². The molecular formula is C13H19NO2. The van der Waals surface area contributed by atoms with E-state index in [2.05, 4.69) is 0 Å². The number of benzene rings is 1. The first-order valence-electron chi connectivity index (χ1n) is 5.69. The summed E-state index contributed by atoms with van der Waals surface area (Å²) in [4.78, 5) is 11.8. The maximum absolute atomic E-state index is 11.8. The SMILES string of the molecule is CCOc1cccc(C(=O)CC(N)CC)c1. The minimum atomic E-state index is -0.0525. The first-order chi connectivity index (χ1) is 7.67. The van der Waals surface area contributed by atoms with Crippen molar-refractivity contribution in [3.63, 3.8) is 0 Å². The lowest BCUT2D eigenvalue weighted by atomic mass is 10.0. The van der Waals surface area contributed by atoms with Crippen molar-refractivity contribution in [2.75, 3.05) is 6.61 Å². The van der Waals surface area contributed by atoms with Crippen LogP contribution in [0.3, 0.4) is 0 Å². The summed E-state index contributed by atoms with van der Waals surface area (Å²) >= 11 is 0. The molecule has 0 heterocycles. The van der Waals surface area contributed by atoms with Gasteiger partial charge in [-0.1, -0.05) is 19.1 Å². The number of ether oxygens (including phenoxy) is 1. The number of rotatable bonds is 6. The second-order valence-corrected chi connectivity index (χ2v) is 3.76. The highest BCUT2D eigenvalue weighted by Gasteiger charge is 2.10. The van der Waals surface area contributed by atoms with E-state index < -0.39 is 0 Å². The minimum absolute atomic E-state index is 0.0525. The van der Waals surface area contributed by atoms with Crippen molar-refractivity contribution in [3.05, 3.63) is 29.8 Å². The molecule has 1 aromatic carbocycles. The number of carbonyl (C=O) groups excluding carboxylic acids is 1. The summed E-state index contributed by atoms with van der Waals surface area (Å²) in [7, 11) is 0. The topological polar surface area (TPSA) is 52.3 Å². The van der Waals surface area contributed by atoms with Crippen LogP contribution in [0.1, 0.15) is 37.0 Å². The van der Waals surface area contributed by atoms with E-state index in [1.807, 2.05) is 26.0 Å². The van der Waals surface area contributed by atoms with Crippen LogP contribution in [0.2, 0.25) is 0 Å². The van der Waals surface area contributed by atoms with E-state index in [0.717, 1.165) is 12.2 Å². The molecule has 2 N–H and O–H groups in total. The molecule has 3 heteroatoms. The van der Waals surface area contributed by atoms with Gasteiger partial charge < -0.3 is 10.5 Å². The van der Waals surface area contributed by atoms with Crippen LogP contribution < -0.4 is 10.5 Å². The molecule has 1 unspecified atom stereocenters. The number of hydrogen-bond donors (Lipinski definition) is 1. The maximum Gasteiger partial charge on any atom is 0.164 e. The Morgan fingerprint density at radius 1 is 1.44 bits per heavy atom. The van der Waals surface area contributed by atoms with Gasteiger partial charge in [-0.05, 0) is 25.5 Å². The first-order valence-corrected chi connectivity index (χ1v) is 5.69. The average Bonchev–Trinajstić information content (AvgIpc) is 2.29. The summed E-state index contributed by atoms with van der Waals surface area (Å²) in [5, 5.41) is 0. The number of ketones is 1. The van der Waals surface area contributed by atoms with E-state index in [-0.39, 0.29) is 11.8 Å². The molecule has 0 aliphatic heterocycles. The Morgan fingerprint density at radius 3 is 2.81 bits per heavy atom. The zero-order valence-corrected chi connectivity index (χ0v) is 9.90. The van der Waals surface area contributed by atoms with Crippen LogP contribution in [0.25, 0.3) is 0 Å². The molecule has 1 aromatic rings. The second-order valence-electron chi connectivity index (χ2n) is 3.76. The minimum Gasteiger partial charge on any atom is -0.494 e. The number of carbonyl (C=O) groups is 1. The van der Waals surface area contributed by atoms with E-state index in [9.17, 15) is 4.79 Å². The number of hydrogen-bond acceptors (Lipinski definition) is 3. The zero-order valence-electron chi connectivity index (χ0n) is 9.90. The quantitative estimate of drug-likeness (QED) is 0.750. The number of nitrogens with two attached hydrogens (primary N) is 1. The molecule has 0 amide bonds. The van der Waals surface area contributed by atoms with Crippen LogP contribution in [0.5, 0.6) is 5.75 Å². The highest BCUT2D eigenvalue weighted by molar-refractivity contribution is 5.96. The van der Waals surface area contributed by atoms with Crippen molar-refractivity contribution in [1.29, 1.82) is 0 Å². The Labute approximate surface area is 96.6 Å². The lowest BCUT2D eigenvalue weighted by molar-refractivity contribution is 0.0973. The lowest BCUT2D eigenvalue weighted by Gasteiger charge is -2.08. The van der Waals surface area contributed by atoms with Gasteiger partial charge in [0, 0.05) is 18.0 Å². The molecule has 0 bridgehead atoms. The molecule has 88 valence electrons. The molecule has 0 saturated heterocycles. The predicted molar refractivity (Wildman–Crippen MR) is 64.8 cm³/mol. The molecule has 0 aliphatic rings. The van der Waals surface area contributed by atoms with E-state index in [0.29, 0.717) is 18.6 Å². The van der Waals surface area contributed by atoms with Crippen molar-refractivity contribution in [3.8, 4) is 5.75 Å². The Bertz CT molecular complexity index is 350. The molecule has 3 nitrogen and oxygen atoms in total. The lowest BCUT2D eigenvalue weighted by Crippen LogP contribution is -2.22. The van der Waals surface area contributed by atoms with E-state index in [1.165, 1.54) is 0 Å². The van der Waals surface area contributed by atoms with E-state index in [1.54, 1.807) is 12.1 Å². The van der Waals surface area contributed by atoms with Gasteiger partial charge in [0.1, 0.15) is 5.75 Å². The van der Waals surface area contributed by atoms with Gasteiger partial charge in [-0.25, -0.2) is 0 Å². The van der Waals surface area contributed by atoms with Crippen molar-refractivity contribution in [1.82, 2.24) is 0 Å². The smallest absolute Gasteiger partial charge is 0.164 e. The molecule has 0 spiro atoms. The van der Waals surface area contributed by atoms with Gasteiger partial charge in [0.2, 0.25) is 0 Å². The van der Waals surface area contributed by atoms with Crippen LogP contribution in [0.15, 0.2) is 24.3 Å². The van der Waals surface area contributed by atoms with E-state index >= 15 is 0 Å². The summed E-state index contributed by atoms with van der Waals surface area (Å²) in [6.07, 6.45) is 1.21. The van der Waals surface area contributed by atoms with Crippen molar-refractivity contribution in [2.45, 2.75) is 32.7 Å². The summed E-state index contributed by atoms with van der Waals surface area (Å²) in [6.45, 7) is 4.50. The third-order valence-corrected chi connectivity index (χ3v) is 2.44. The van der Waals surface area contributed by atoms with Gasteiger partial charge >= 0.3 is 0 Å². The van der Waals surface area contributed by atoms with Gasteiger partial charge in [0.05, 0.1) is 6.61 Å². The summed E-state index contributed by atoms with van der Waals surface area (Å²) in [6, 6.07) is 7.19. The largest absolute Gasteiger partial charge is 0.494 e. The molecule has 1 rings (SSSR count). The molecule has 0 aliphatic carbocycles. The third-order valence-electron chi connectivity index (χ3n) is 2.44. The van der Waals surface area contributed by atoms with Crippen molar-refractivity contribution < 1.29 is 9.53 Å². The van der Waals surface area contributed by atoms with Gasteiger partial charge in [0.25, 0.3) is 0 Å². The first kappa shape index (κ1) is 12.7. The molecule has 0 saturated carbocycles. The summed E-state index contributed by atoms with van der Waals surface area (Å²) < 4.78 is 5.34. The van der Waals surface area contributed by atoms with Crippen molar-refractivity contribution in [2.24, 2.45) is 5.73 Å². The number of Topliss-reactive ketones (excluding diaryl/α,β-unsaturated/α-hetero) is 1. The van der Waals surface area contributed by atoms with Crippen LogP contribution in [-0.2, 0) is 0 Å². The van der Waals surface area contributed by atoms with Gasteiger partial charge in [0.15, 0.2) is 5.78 Å². The molecule has 0 fully saturated rings. The molecular weight excluding hydrogens is 202 g/mol. The van der Waals surface area contributed by atoms with Gasteiger partial charge in [-0.2, -0.15) is 0 Å². The summed E-state index contributed by atoms with van der Waals surface area (Å²) in [5.74, 6) is 0.814. The standard InChI is InChI=1S/C13H19NO2/c1-3-11(14)9-13(15)10-6-5-7-12(8-10)16-4-2/h5-8,11H,3-4,9,14H2,1-2H3. The average molecular weight is 221 g/mol. The van der Waals surface area contributed by atoms with E-state index in [4.69, 9.17) is 10.5 Å². The fraction of sp³-hybridized carbons (Fsp3) is 0.462. The van der Waals surface area contributed by atoms with Crippen molar-refractivity contribution >= 4 is 5.78 Å². The maximum atomic E-state index is 11.8. The molecule has 0 aromatic heterocycles. The summed E-state index contributed by atoms with van der Waals surface area (Å²) in [5.41, 5.74) is 6.43. The molecule has 16 heavy (non-hydrogen) atoms.